The number of carboxylic acid groups (broad SMARTS) is 1. The summed E-state index contributed by atoms with van der Waals surface area (Å²) in [6.07, 6.45) is -1.06. The van der Waals surface area contributed by atoms with E-state index < -0.39 is 6.09 Å². The van der Waals surface area contributed by atoms with Crippen molar-refractivity contribution in [2.24, 2.45) is 0 Å². The van der Waals surface area contributed by atoms with Crippen molar-refractivity contribution in [3.63, 3.8) is 0 Å². The third-order valence-corrected chi connectivity index (χ3v) is 2.45. The lowest BCUT2D eigenvalue weighted by Gasteiger charge is -2.35. The molecule has 1 amide bonds. The van der Waals surface area contributed by atoms with Gasteiger partial charge >= 0.3 is 6.09 Å². The molecule has 3 N–H and O–H groups in total. The maximum atomic E-state index is 10.4. The summed E-state index contributed by atoms with van der Waals surface area (Å²) in [4.78, 5) is 11.7. The van der Waals surface area contributed by atoms with Crippen LogP contribution in [0, 0.1) is 0 Å². The molecule has 1 aliphatic heterocycles. The standard InChI is InChI=1S/C6H8N4O3S/c7-4-8-9-5(14-4)13-3-1-10(2-3)6(11)12/h3H,1-2H2,(H2,7,8)(H,11,12). The maximum Gasteiger partial charge on any atom is 0.407 e. The van der Waals surface area contributed by atoms with E-state index in [0.717, 1.165) is 11.3 Å². The van der Waals surface area contributed by atoms with Crippen LogP contribution in [0.25, 0.3) is 0 Å². The number of carbonyl (C=O) groups is 1. The highest BCUT2D eigenvalue weighted by Crippen LogP contribution is 2.23. The van der Waals surface area contributed by atoms with Gasteiger partial charge in [-0.05, 0) is 11.3 Å². The van der Waals surface area contributed by atoms with Crippen molar-refractivity contribution >= 4 is 22.6 Å². The number of hydrogen-bond acceptors (Lipinski definition) is 6. The number of hydrogen-bond donors (Lipinski definition) is 2. The quantitative estimate of drug-likeness (QED) is 0.713. The SMILES string of the molecule is Nc1nnc(OC2CN(C(=O)O)C2)s1. The Bertz CT molecular complexity index is 349. The number of aromatic nitrogens is 2. The zero-order valence-corrected chi connectivity index (χ0v) is 7.90. The highest BCUT2D eigenvalue weighted by Gasteiger charge is 2.32. The van der Waals surface area contributed by atoms with Crippen LogP contribution in [0.1, 0.15) is 0 Å². The van der Waals surface area contributed by atoms with E-state index in [0.29, 0.717) is 23.4 Å². The molecule has 1 fully saturated rings. The first-order valence-electron chi connectivity index (χ1n) is 3.88. The van der Waals surface area contributed by atoms with Crippen molar-refractivity contribution in [2.75, 3.05) is 18.8 Å². The molecule has 0 radical (unpaired) electrons. The third kappa shape index (κ3) is 1.69. The second-order valence-electron chi connectivity index (χ2n) is 2.83. The Labute approximate surface area is 83.1 Å². The van der Waals surface area contributed by atoms with Gasteiger partial charge in [-0.15, -0.1) is 5.10 Å². The molecular weight excluding hydrogens is 208 g/mol. The number of likely N-dealkylation sites (tertiary alicyclic amines) is 1. The number of rotatable bonds is 2. The van der Waals surface area contributed by atoms with Gasteiger partial charge in [0.05, 0.1) is 13.1 Å². The molecule has 1 aromatic heterocycles. The first-order valence-corrected chi connectivity index (χ1v) is 4.70. The van der Waals surface area contributed by atoms with E-state index in [4.69, 9.17) is 15.6 Å². The average Bonchev–Trinajstić information content (AvgIpc) is 2.42. The zero-order chi connectivity index (χ0) is 10.1. The van der Waals surface area contributed by atoms with Crippen molar-refractivity contribution in [1.82, 2.24) is 15.1 Å². The fourth-order valence-corrected chi connectivity index (χ4v) is 1.61. The Hall–Kier alpha value is -1.57. The predicted octanol–water partition coefficient (Wildman–Crippen LogP) is -0.139. The van der Waals surface area contributed by atoms with E-state index in [2.05, 4.69) is 10.2 Å². The summed E-state index contributed by atoms with van der Waals surface area (Å²) in [5.74, 6) is 0. The number of amides is 1. The fourth-order valence-electron chi connectivity index (χ4n) is 1.08. The molecule has 76 valence electrons. The molecule has 2 rings (SSSR count). The van der Waals surface area contributed by atoms with Gasteiger partial charge in [0.25, 0.3) is 5.19 Å². The number of ether oxygens (including phenoxy) is 1. The van der Waals surface area contributed by atoms with Crippen LogP contribution in [0.15, 0.2) is 0 Å². The largest absolute Gasteiger partial charge is 0.465 e. The van der Waals surface area contributed by atoms with Gasteiger partial charge in [-0.3, -0.25) is 0 Å². The second-order valence-corrected chi connectivity index (χ2v) is 3.81. The molecule has 14 heavy (non-hydrogen) atoms. The summed E-state index contributed by atoms with van der Waals surface area (Å²) >= 11 is 1.14. The van der Waals surface area contributed by atoms with Gasteiger partial charge in [-0.1, -0.05) is 5.10 Å². The lowest BCUT2D eigenvalue weighted by molar-refractivity contribution is 0.0247. The van der Waals surface area contributed by atoms with Crippen molar-refractivity contribution in [3.8, 4) is 5.19 Å². The summed E-state index contributed by atoms with van der Waals surface area (Å²) in [7, 11) is 0. The molecule has 2 heterocycles. The Kier molecular flexibility index (Phi) is 2.12. The van der Waals surface area contributed by atoms with Crippen molar-refractivity contribution < 1.29 is 14.6 Å². The van der Waals surface area contributed by atoms with E-state index in [-0.39, 0.29) is 6.10 Å². The Balaban J connectivity index is 1.82. The number of nitrogen functional groups attached to an aromatic ring is 1. The van der Waals surface area contributed by atoms with Crippen LogP contribution in [0.4, 0.5) is 9.93 Å². The number of anilines is 1. The third-order valence-electron chi connectivity index (χ3n) is 1.81. The molecule has 0 atom stereocenters. The molecule has 0 spiro atoms. The molecule has 1 saturated heterocycles. The zero-order valence-electron chi connectivity index (χ0n) is 7.08. The lowest BCUT2D eigenvalue weighted by atomic mass is 10.2. The molecule has 7 nitrogen and oxygen atoms in total. The van der Waals surface area contributed by atoms with Crippen LogP contribution < -0.4 is 10.5 Å². The van der Waals surface area contributed by atoms with Crippen LogP contribution >= 0.6 is 11.3 Å². The minimum Gasteiger partial charge on any atom is -0.465 e. The van der Waals surface area contributed by atoms with Gasteiger partial charge in [-0.2, -0.15) is 0 Å². The summed E-state index contributed by atoms with van der Waals surface area (Å²) in [5, 5.41) is 16.5. The van der Waals surface area contributed by atoms with Gasteiger partial charge in [-0.25, -0.2) is 4.79 Å². The smallest absolute Gasteiger partial charge is 0.407 e. The second kappa shape index (κ2) is 3.29. The van der Waals surface area contributed by atoms with Gasteiger partial charge in [0, 0.05) is 0 Å². The van der Waals surface area contributed by atoms with Crippen molar-refractivity contribution in [2.45, 2.75) is 6.10 Å². The minimum absolute atomic E-state index is 0.126. The average molecular weight is 216 g/mol. The van der Waals surface area contributed by atoms with E-state index in [1.807, 2.05) is 0 Å². The van der Waals surface area contributed by atoms with E-state index >= 15 is 0 Å². The summed E-state index contributed by atoms with van der Waals surface area (Å²) < 4.78 is 5.31. The Morgan fingerprint density at radius 3 is 2.86 bits per heavy atom. The minimum atomic E-state index is -0.929. The molecule has 1 aromatic rings. The number of nitrogens with two attached hydrogens (primary N) is 1. The molecule has 0 aliphatic carbocycles. The van der Waals surface area contributed by atoms with Crippen LogP contribution in [0.3, 0.4) is 0 Å². The van der Waals surface area contributed by atoms with Crippen molar-refractivity contribution in [3.05, 3.63) is 0 Å². The Morgan fingerprint density at radius 1 is 1.64 bits per heavy atom. The molecule has 1 aliphatic rings. The normalized spacial score (nSPS) is 16.4. The van der Waals surface area contributed by atoms with E-state index in [9.17, 15) is 4.79 Å². The summed E-state index contributed by atoms with van der Waals surface area (Å²) in [6.45, 7) is 0.740. The fraction of sp³-hybridized carbons (Fsp3) is 0.500. The van der Waals surface area contributed by atoms with Gasteiger partial charge in [0.15, 0.2) is 0 Å². The molecular formula is C6H8N4O3S. The predicted molar refractivity (Wildman–Crippen MR) is 48.3 cm³/mol. The molecule has 8 heteroatoms. The monoisotopic (exact) mass is 216 g/mol. The topological polar surface area (TPSA) is 102 Å². The molecule has 0 bridgehead atoms. The van der Waals surface area contributed by atoms with Crippen LogP contribution in [0.5, 0.6) is 5.19 Å². The van der Waals surface area contributed by atoms with Crippen molar-refractivity contribution in [1.29, 1.82) is 0 Å². The highest BCUT2D eigenvalue weighted by molar-refractivity contribution is 7.16. The van der Waals surface area contributed by atoms with Gasteiger partial charge in [0.2, 0.25) is 5.13 Å². The molecule has 0 saturated carbocycles. The number of nitrogens with zero attached hydrogens (tertiary/aromatic N) is 3. The first-order chi connectivity index (χ1) is 6.65. The molecule has 0 unspecified atom stereocenters. The van der Waals surface area contributed by atoms with Crippen LogP contribution in [-0.2, 0) is 0 Å². The van der Waals surface area contributed by atoms with E-state index in [1.165, 1.54) is 4.90 Å². The summed E-state index contributed by atoms with van der Waals surface area (Å²) in [5.41, 5.74) is 5.35. The van der Waals surface area contributed by atoms with Gasteiger partial charge < -0.3 is 20.5 Å². The summed E-state index contributed by atoms with van der Waals surface area (Å²) in [6, 6.07) is 0. The van der Waals surface area contributed by atoms with Crippen LogP contribution in [0.2, 0.25) is 0 Å². The lowest BCUT2D eigenvalue weighted by Crippen LogP contribution is -2.55. The van der Waals surface area contributed by atoms with E-state index in [1.54, 1.807) is 0 Å². The Morgan fingerprint density at radius 2 is 2.36 bits per heavy atom. The van der Waals surface area contributed by atoms with Crippen LogP contribution in [-0.4, -0.2) is 45.5 Å². The first kappa shape index (κ1) is 9.00. The highest BCUT2D eigenvalue weighted by atomic mass is 32.1. The maximum absolute atomic E-state index is 10.4. The molecule has 0 aromatic carbocycles. The van der Waals surface area contributed by atoms with Gasteiger partial charge in [0.1, 0.15) is 6.10 Å².